The van der Waals surface area contributed by atoms with Crippen LogP contribution in [-0.4, -0.2) is 36.7 Å². The van der Waals surface area contributed by atoms with Crippen LogP contribution in [0.15, 0.2) is 29.4 Å². The number of hydrogen-bond donors (Lipinski definition) is 1. The maximum Gasteiger partial charge on any atom is 0.267 e. The minimum Gasteiger partial charge on any atom is -0.496 e. The number of ether oxygens (including phenoxy) is 1. The molecule has 1 N–H and O–H groups in total. The van der Waals surface area contributed by atoms with Crippen LogP contribution in [0.4, 0.5) is 0 Å². The van der Waals surface area contributed by atoms with Gasteiger partial charge in [0.25, 0.3) is 5.91 Å². The van der Waals surface area contributed by atoms with Gasteiger partial charge in [0.05, 0.1) is 13.2 Å². The predicted molar refractivity (Wildman–Crippen MR) is 79.0 cm³/mol. The Kier molecular flexibility index (Phi) is 4.57. The number of methoxy groups -OCH3 is 1. The number of hydrogen-bond acceptors (Lipinski definition) is 4. The van der Waals surface area contributed by atoms with Gasteiger partial charge in [-0.2, -0.15) is 5.10 Å². The summed E-state index contributed by atoms with van der Waals surface area (Å²) >= 11 is 0. The minimum absolute atomic E-state index is 0.0793. The minimum atomic E-state index is -0.257. The molecule has 1 aromatic rings. The lowest BCUT2D eigenvalue weighted by molar-refractivity contribution is -0.130. The van der Waals surface area contributed by atoms with Crippen molar-refractivity contribution in [1.29, 1.82) is 0 Å². The van der Waals surface area contributed by atoms with Gasteiger partial charge in [-0.15, -0.1) is 0 Å². The molecule has 0 aliphatic carbocycles. The largest absolute Gasteiger partial charge is 0.496 e. The molecule has 2 amide bonds. The number of amides is 2. The zero-order valence-corrected chi connectivity index (χ0v) is 12.4. The summed E-state index contributed by atoms with van der Waals surface area (Å²) in [4.78, 5) is 23.6. The SMILES string of the molecule is COc1ccccc1C(C)NC(=O)C1=NN(C)C(=O)CC1. The van der Waals surface area contributed by atoms with Crippen molar-refractivity contribution in [3.8, 4) is 5.75 Å². The van der Waals surface area contributed by atoms with Crippen molar-refractivity contribution in [2.24, 2.45) is 5.10 Å². The smallest absolute Gasteiger partial charge is 0.267 e. The third-order valence-corrected chi connectivity index (χ3v) is 3.42. The quantitative estimate of drug-likeness (QED) is 0.912. The highest BCUT2D eigenvalue weighted by molar-refractivity contribution is 6.39. The van der Waals surface area contributed by atoms with E-state index in [0.717, 1.165) is 11.3 Å². The first-order chi connectivity index (χ1) is 10.0. The van der Waals surface area contributed by atoms with Crippen molar-refractivity contribution in [1.82, 2.24) is 10.3 Å². The molecule has 1 aliphatic rings. The molecular formula is C15H19N3O3. The molecule has 0 saturated heterocycles. The fourth-order valence-corrected chi connectivity index (χ4v) is 2.21. The molecule has 6 heteroatoms. The van der Waals surface area contributed by atoms with Gasteiger partial charge in [0, 0.05) is 25.5 Å². The van der Waals surface area contributed by atoms with Gasteiger partial charge in [-0.05, 0) is 13.0 Å². The zero-order valence-electron chi connectivity index (χ0n) is 12.4. The maximum absolute atomic E-state index is 12.2. The third-order valence-electron chi connectivity index (χ3n) is 3.42. The van der Waals surface area contributed by atoms with E-state index in [9.17, 15) is 9.59 Å². The second kappa shape index (κ2) is 6.39. The van der Waals surface area contributed by atoms with E-state index in [-0.39, 0.29) is 17.9 Å². The molecule has 1 heterocycles. The summed E-state index contributed by atoms with van der Waals surface area (Å²) in [6, 6.07) is 7.32. The van der Waals surface area contributed by atoms with Crippen LogP contribution in [-0.2, 0) is 9.59 Å². The van der Waals surface area contributed by atoms with Gasteiger partial charge in [-0.3, -0.25) is 9.59 Å². The maximum atomic E-state index is 12.2. The Labute approximate surface area is 123 Å². The average Bonchev–Trinajstić information content (AvgIpc) is 2.49. The number of para-hydroxylation sites is 1. The van der Waals surface area contributed by atoms with Crippen LogP contribution in [0.1, 0.15) is 31.4 Å². The fraction of sp³-hybridized carbons (Fsp3) is 0.400. The molecule has 1 atom stereocenters. The molecular weight excluding hydrogens is 270 g/mol. The molecule has 1 aliphatic heterocycles. The van der Waals surface area contributed by atoms with Gasteiger partial charge >= 0.3 is 0 Å². The van der Waals surface area contributed by atoms with Crippen molar-refractivity contribution < 1.29 is 14.3 Å². The Morgan fingerprint density at radius 2 is 2.10 bits per heavy atom. The van der Waals surface area contributed by atoms with E-state index in [1.165, 1.54) is 5.01 Å². The highest BCUT2D eigenvalue weighted by atomic mass is 16.5. The van der Waals surface area contributed by atoms with Gasteiger partial charge in [0.1, 0.15) is 11.5 Å². The molecule has 0 spiro atoms. The van der Waals surface area contributed by atoms with Crippen molar-refractivity contribution in [3.05, 3.63) is 29.8 Å². The lowest BCUT2D eigenvalue weighted by Crippen LogP contribution is -2.38. The first-order valence-corrected chi connectivity index (χ1v) is 6.80. The van der Waals surface area contributed by atoms with Crippen LogP contribution in [0.2, 0.25) is 0 Å². The molecule has 6 nitrogen and oxygen atoms in total. The van der Waals surface area contributed by atoms with E-state index >= 15 is 0 Å². The Morgan fingerprint density at radius 1 is 1.38 bits per heavy atom. The molecule has 0 saturated carbocycles. The predicted octanol–water partition coefficient (Wildman–Crippen LogP) is 1.48. The van der Waals surface area contributed by atoms with Crippen LogP contribution >= 0.6 is 0 Å². The standard InChI is InChI=1S/C15H19N3O3/c1-10(11-6-4-5-7-13(11)21-3)16-15(20)12-8-9-14(19)18(2)17-12/h4-7,10H,8-9H2,1-3H3,(H,16,20). The number of benzene rings is 1. The third kappa shape index (κ3) is 3.39. The molecule has 0 bridgehead atoms. The van der Waals surface area contributed by atoms with Crippen LogP contribution in [0.5, 0.6) is 5.75 Å². The summed E-state index contributed by atoms with van der Waals surface area (Å²) in [7, 11) is 3.15. The van der Waals surface area contributed by atoms with Crippen molar-refractivity contribution >= 4 is 17.5 Å². The fourth-order valence-electron chi connectivity index (χ4n) is 2.21. The van der Waals surface area contributed by atoms with Crippen molar-refractivity contribution in [3.63, 3.8) is 0 Å². The monoisotopic (exact) mass is 289 g/mol. The highest BCUT2D eigenvalue weighted by Crippen LogP contribution is 2.24. The Bertz CT molecular complexity index is 583. The summed E-state index contributed by atoms with van der Waals surface area (Å²) < 4.78 is 5.29. The normalized spacial score (nSPS) is 16.2. The lowest BCUT2D eigenvalue weighted by atomic mass is 10.1. The average molecular weight is 289 g/mol. The zero-order chi connectivity index (χ0) is 15.4. The molecule has 0 fully saturated rings. The second-order valence-corrected chi connectivity index (χ2v) is 4.90. The molecule has 21 heavy (non-hydrogen) atoms. The van der Waals surface area contributed by atoms with Crippen molar-refractivity contribution in [2.45, 2.75) is 25.8 Å². The number of nitrogens with one attached hydrogen (secondary N) is 1. The number of nitrogens with zero attached hydrogens (tertiary/aromatic N) is 2. The Hall–Kier alpha value is -2.37. The summed E-state index contributed by atoms with van der Waals surface area (Å²) in [5.41, 5.74) is 1.27. The van der Waals surface area contributed by atoms with Gasteiger partial charge in [-0.1, -0.05) is 18.2 Å². The number of carbonyl (C=O) groups excluding carboxylic acids is 2. The number of carbonyl (C=O) groups is 2. The lowest BCUT2D eigenvalue weighted by Gasteiger charge is -2.21. The van der Waals surface area contributed by atoms with Crippen LogP contribution in [0.25, 0.3) is 0 Å². The molecule has 112 valence electrons. The first kappa shape index (κ1) is 15.0. The van der Waals surface area contributed by atoms with Gasteiger partial charge in [-0.25, -0.2) is 5.01 Å². The molecule has 0 aromatic heterocycles. The van der Waals surface area contributed by atoms with Gasteiger partial charge in [0.15, 0.2) is 0 Å². The molecule has 1 unspecified atom stereocenters. The summed E-state index contributed by atoms with van der Waals surface area (Å²) in [6.45, 7) is 1.88. The Morgan fingerprint density at radius 3 is 2.76 bits per heavy atom. The van der Waals surface area contributed by atoms with E-state index in [0.29, 0.717) is 18.6 Å². The Balaban J connectivity index is 2.09. The van der Waals surface area contributed by atoms with E-state index in [4.69, 9.17) is 4.74 Å². The number of rotatable bonds is 4. The summed E-state index contributed by atoms with van der Waals surface area (Å²) in [5, 5.41) is 8.11. The van der Waals surface area contributed by atoms with Gasteiger partial charge in [0.2, 0.25) is 5.91 Å². The first-order valence-electron chi connectivity index (χ1n) is 6.80. The topological polar surface area (TPSA) is 71.0 Å². The molecule has 1 aromatic carbocycles. The molecule has 2 rings (SSSR count). The van der Waals surface area contributed by atoms with E-state index in [1.54, 1.807) is 14.2 Å². The second-order valence-electron chi connectivity index (χ2n) is 4.90. The van der Waals surface area contributed by atoms with Crippen LogP contribution in [0, 0.1) is 0 Å². The number of hydrazone groups is 1. The van der Waals surface area contributed by atoms with Crippen LogP contribution < -0.4 is 10.1 Å². The van der Waals surface area contributed by atoms with E-state index in [2.05, 4.69) is 10.4 Å². The highest BCUT2D eigenvalue weighted by Gasteiger charge is 2.23. The van der Waals surface area contributed by atoms with E-state index in [1.807, 2.05) is 31.2 Å². The van der Waals surface area contributed by atoms with Crippen molar-refractivity contribution in [2.75, 3.05) is 14.2 Å². The summed E-state index contributed by atoms with van der Waals surface area (Å²) in [5.74, 6) is 0.389. The van der Waals surface area contributed by atoms with Gasteiger partial charge < -0.3 is 10.1 Å². The van der Waals surface area contributed by atoms with Crippen LogP contribution in [0.3, 0.4) is 0 Å². The molecule has 0 radical (unpaired) electrons. The van der Waals surface area contributed by atoms with E-state index < -0.39 is 0 Å². The summed E-state index contributed by atoms with van der Waals surface area (Å²) in [6.07, 6.45) is 0.680.